The third kappa shape index (κ3) is 7.44. The van der Waals surface area contributed by atoms with Gasteiger partial charge in [-0.15, -0.1) is 0 Å². The molecule has 7 heteroatoms. The molecule has 3 rings (SSSR count). The van der Waals surface area contributed by atoms with Crippen LogP contribution in [0.5, 0.6) is 11.5 Å². The van der Waals surface area contributed by atoms with Crippen molar-refractivity contribution in [1.29, 1.82) is 0 Å². The van der Waals surface area contributed by atoms with E-state index in [0.717, 1.165) is 25.7 Å². The van der Waals surface area contributed by atoms with Crippen LogP contribution in [0.15, 0.2) is 54.8 Å². The van der Waals surface area contributed by atoms with Gasteiger partial charge in [0.25, 0.3) is 0 Å². The molecule has 4 nitrogen and oxygen atoms in total. The number of ether oxygens (including phenoxy) is 4. The van der Waals surface area contributed by atoms with Crippen LogP contribution in [0.2, 0.25) is 5.02 Å². The van der Waals surface area contributed by atoms with E-state index in [-0.39, 0.29) is 47.2 Å². The lowest BCUT2D eigenvalue weighted by Gasteiger charge is -2.23. The Morgan fingerprint density at radius 2 is 2.00 bits per heavy atom. The minimum absolute atomic E-state index is 0.0436. The second-order valence-corrected chi connectivity index (χ2v) is 9.12. The quantitative estimate of drug-likeness (QED) is 0.156. The Hall–Kier alpha value is -2.67. The van der Waals surface area contributed by atoms with Gasteiger partial charge in [-0.3, -0.25) is 0 Å². The Labute approximate surface area is 223 Å². The maximum atomic E-state index is 15.9. The van der Waals surface area contributed by atoms with E-state index in [1.54, 1.807) is 43.4 Å². The van der Waals surface area contributed by atoms with Gasteiger partial charge in [0, 0.05) is 29.4 Å². The average Bonchev–Trinajstić information content (AvgIpc) is 2.90. The van der Waals surface area contributed by atoms with Crippen molar-refractivity contribution in [2.24, 2.45) is 0 Å². The first-order valence-corrected chi connectivity index (χ1v) is 13.1. The fraction of sp³-hybridized carbons (Fsp3) is 0.400. The maximum Gasteiger partial charge on any atom is 0.173 e. The minimum atomic E-state index is -0.694. The molecule has 1 saturated heterocycles. The second-order valence-electron chi connectivity index (χ2n) is 8.75. The molecule has 0 aromatic heterocycles. The molecule has 0 radical (unpaired) electrons. The monoisotopic (exact) mass is 532 g/mol. The Bertz CT molecular complexity index is 1140. The van der Waals surface area contributed by atoms with Gasteiger partial charge in [0.2, 0.25) is 0 Å². The van der Waals surface area contributed by atoms with Gasteiger partial charge >= 0.3 is 0 Å². The molecule has 0 aliphatic carbocycles. The normalized spacial score (nSPS) is 16.3. The summed E-state index contributed by atoms with van der Waals surface area (Å²) in [5.74, 6) is -0.474. The largest absolute Gasteiger partial charge is 0.488 e. The number of hydrogen-bond donors (Lipinski definition) is 0. The highest BCUT2D eigenvalue weighted by atomic mass is 35.5. The minimum Gasteiger partial charge on any atom is -0.488 e. The summed E-state index contributed by atoms with van der Waals surface area (Å²) < 4.78 is 54.0. The highest BCUT2D eigenvalue weighted by molar-refractivity contribution is 6.33. The van der Waals surface area contributed by atoms with E-state index in [4.69, 9.17) is 30.5 Å². The molecular formula is C30H35ClF2O4. The summed E-state index contributed by atoms with van der Waals surface area (Å²) in [6, 6.07) is 4.55. The van der Waals surface area contributed by atoms with Crippen LogP contribution in [0.4, 0.5) is 8.78 Å². The van der Waals surface area contributed by atoms with Crippen LogP contribution in [0.25, 0.3) is 11.1 Å². The third-order valence-electron chi connectivity index (χ3n) is 6.04. The Morgan fingerprint density at radius 1 is 1.19 bits per heavy atom. The predicted molar refractivity (Wildman–Crippen MR) is 144 cm³/mol. The predicted octanol–water partition coefficient (Wildman–Crippen LogP) is 8.49. The first-order chi connectivity index (χ1) is 17.9. The van der Waals surface area contributed by atoms with Gasteiger partial charge in [0.1, 0.15) is 23.9 Å². The van der Waals surface area contributed by atoms with E-state index >= 15 is 8.78 Å². The molecule has 1 fully saturated rings. The fourth-order valence-electron chi connectivity index (χ4n) is 4.22. The Kier molecular flexibility index (Phi) is 11.2. The number of halogens is 3. The van der Waals surface area contributed by atoms with Crippen LogP contribution in [-0.4, -0.2) is 26.1 Å². The molecule has 37 heavy (non-hydrogen) atoms. The number of aryl methyl sites for hydroxylation is 1. The topological polar surface area (TPSA) is 36.9 Å². The lowest BCUT2D eigenvalue weighted by molar-refractivity contribution is -0.165. The van der Waals surface area contributed by atoms with Crippen LogP contribution in [0.1, 0.15) is 50.7 Å². The van der Waals surface area contributed by atoms with Crippen molar-refractivity contribution in [3.8, 4) is 22.6 Å². The highest BCUT2D eigenvalue weighted by Crippen LogP contribution is 2.44. The van der Waals surface area contributed by atoms with Crippen molar-refractivity contribution >= 4 is 11.6 Å². The van der Waals surface area contributed by atoms with E-state index in [9.17, 15) is 0 Å². The molecule has 1 aliphatic heterocycles. The lowest BCUT2D eigenvalue weighted by atomic mass is 9.92. The van der Waals surface area contributed by atoms with Gasteiger partial charge in [-0.05, 0) is 63.3 Å². The summed E-state index contributed by atoms with van der Waals surface area (Å²) in [7, 11) is 0. The van der Waals surface area contributed by atoms with Crippen molar-refractivity contribution in [2.75, 3.05) is 19.8 Å². The highest BCUT2D eigenvalue weighted by Gasteiger charge is 2.25. The molecule has 0 bridgehead atoms. The van der Waals surface area contributed by atoms with Crippen molar-refractivity contribution in [2.45, 2.75) is 59.2 Å². The van der Waals surface area contributed by atoms with Crippen LogP contribution in [0.3, 0.4) is 0 Å². The Morgan fingerprint density at radius 3 is 2.68 bits per heavy atom. The van der Waals surface area contributed by atoms with E-state index in [0.29, 0.717) is 29.9 Å². The zero-order chi connectivity index (χ0) is 26.8. The number of benzene rings is 2. The standard InChI is InChI=1S/C30H35ClF2O4/c1-5-8-12-21(7-3)37-25-19-23(32)29(31)28(22(25)11-6-2)27-20(4)14-15-24(30(27)33)34-17-18-36-26-13-9-10-16-35-26/h5,7-8,12,14-15,19,26H,1,6,9-11,13,16-18H2,2-4H3/b12-8-,21-7+. The molecule has 2 aromatic carbocycles. The van der Waals surface area contributed by atoms with Crippen LogP contribution in [0, 0.1) is 18.6 Å². The van der Waals surface area contributed by atoms with Gasteiger partial charge in [-0.1, -0.05) is 49.7 Å². The summed E-state index contributed by atoms with van der Waals surface area (Å²) in [6.45, 7) is 10.3. The number of allylic oxidation sites excluding steroid dienone is 4. The SMILES string of the molecule is C=C/C=C\C(=C/C)Oc1cc(F)c(Cl)c(-c2c(C)ccc(OCCOC3CCCCO3)c2F)c1CCC. The van der Waals surface area contributed by atoms with Crippen molar-refractivity contribution in [3.05, 3.63) is 82.6 Å². The van der Waals surface area contributed by atoms with E-state index in [2.05, 4.69) is 6.58 Å². The summed E-state index contributed by atoms with van der Waals surface area (Å²) in [5, 5.41) is -0.156. The average molecular weight is 533 g/mol. The molecule has 1 heterocycles. The zero-order valence-corrected chi connectivity index (χ0v) is 22.5. The Balaban J connectivity index is 1.96. The summed E-state index contributed by atoms with van der Waals surface area (Å²) >= 11 is 6.49. The van der Waals surface area contributed by atoms with Crippen LogP contribution >= 0.6 is 11.6 Å². The smallest absolute Gasteiger partial charge is 0.173 e. The molecular weight excluding hydrogens is 498 g/mol. The molecule has 200 valence electrons. The van der Waals surface area contributed by atoms with Gasteiger partial charge in [-0.25, -0.2) is 8.78 Å². The van der Waals surface area contributed by atoms with E-state index in [1.807, 2.05) is 13.8 Å². The fourth-order valence-corrected chi connectivity index (χ4v) is 4.48. The van der Waals surface area contributed by atoms with E-state index in [1.165, 1.54) is 6.07 Å². The molecule has 0 N–H and O–H groups in total. The summed E-state index contributed by atoms with van der Waals surface area (Å²) in [5.41, 5.74) is 1.69. The summed E-state index contributed by atoms with van der Waals surface area (Å²) in [4.78, 5) is 0. The first-order valence-electron chi connectivity index (χ1n) is 12.7. The zero-order valence-electron chi connectivity index (χ0n) is 21.7. The molecule has 0 spiro atoms. The van der Waals surface area contributed by atoms with Gasteiger partial charge in [0.05, 0.1) is 11.6 Å². The van der Waals surface area contributed by atoms with Gasteiger partial charge in [0.15, 0.2) is 17.9 Å². The van der Waals surface area contributed by atoms with Crippen LogP contribution < -0.4 is 9.47 Å². The van der Waals surface area contributed by atoms with Gasteiger partial charge < -0.3 is 18.9 Å². The van der Waals surface area contributed by atoms with Crippen LogP contribution in [-0.2, 0) is 15.9 Å². The molecule has 0 saturated carbocycles. The number of rotatable bonds is 12. The molecule has 0 amide bonds. The molecule has 1 aliphatic rings. The lowest BCUT2D eigenvalue weighted by Crippen LogP contribution is -2.24. The van der Waals surface area contributed by atoms with Gasteiger partial charge in [-0.2, -0.15) is 0 Å². The van der Waals surface area contributed by atoms with Crippen molar-refractivity contribution in [1.82, 2.24) is 0 Å². The molecule has 1 atom stereocenters. The summed E-state index contributed by atoms with van der Waals surface area (Å²) in [6.07, 6.45) is 10.7. The van der Waals surface area contributed by atoms with Crippen molar-refractivity contribution in [3.63, 3.8) is 0 Å². The van der Waals surface area contributed by atoms with E-state index < -0.39 is 11.6 Å². The molecule has 2 aromatic rings. The third-order valence-corrected chi connectivity index (χ3v) is 6.41. The number of hydrogen-bond acceptors (Lipinski definition) is 4. The maximum absolute atomic E-state index is 15.9. The first kappa shape index (κ1) is 28.9. The second kappa shape index (κ2) is 14.3. The van der Waals surface area contributed by atoms with Crippen molar-refractivity contribution < 1.29 is 27.7 Å². The molecule has 1 unspecified atom stereocenters.